The summed E-state index contributed by atoms with van der Waals surface area (Å²) >= 11 is 3.24. The van der Waals surface area contributed by atoms with Gasteiger partial charge < -0.3 is 4.90 Å². The molecule has 2 aliphatic rings. The Labute approximate surface area is 179 Å². The zero-order valence-corrected chi connectivity index (χ0v) is 17.9. The molecule has 0 bridgehead atoms. The fourth-order valence-electron chi connectivity index (χ4n) is 3.87. The first kappa shape index (κ1) is 18.9. The molecular weight excluding hydrogens is 400 g/mol. The van der Waals surface area contributed by atoms with E-state index in [4.69, 9.17) is 0 Å². The van der Waals surface area contributed by atoms with Gasteiger partial charge in [-0.25, -0.2) is 0 Å². The zero-order valence-electron chi connectivity index (χ0n) is 16.2. The van der Waals surface area contributed by atoms with E-state index in [1.165, 1.54) is 6.42 Å². The van der Waals surface area contributed by atoms with Crippen LogP contribution in [0.15, 0.2) is 53.0 Å². The van der Waals surface area contributed by atoms with Crippen molar-refractivity contribution in [3.05, 3.63) is 53.4 Å². The minimum Gasteiger partial charge on any atom is -0.341 e. The number of nitrogens with zero attached hydrogens (tertiary/aromatic N) is 4. The average molecular weight is 425 g/mol. The van der Waals surface area contributed by atoms with Gasteiger partial charge in [0.25, 0.3) is 0 Å². The smallest absolute Gasteiger partial charge is 0.240 e. The maximum Gasteiger partial charge on any atom is 0.240 e. The molecule has 150 valence electrons. The number of amides is 1. The molecular formula is C22H24N4OS2. The molecule has 5 nitrogen and oxygen atoms in total. The molecule has 1 saturated carbocycles. The Morgan fingerprint density at radius 1 is 1.03 bits per heavy atom. The van der Waals surface area contributed by atoms with Crippen molar-refractivity contribution in [2.75, 3.05) is 13.1 Å². The van der Waals surface area contributed by atoms with Crippen LogP contribution >= 0.6 is 23.1 Å². The van der Waals surface area contributed by atoms with Crippen molar-refractivity contribution >= 4 is 29.0 Å². The van der Waals surface area contributed by atoms with Crippen molar-refractivity contribution in [2.45, 2.75) is 48.6 Å². The van der Waals surface area contributed by atoms with Crippen LogP contribution in [-0.4, -0.2) is 38.7 Å². The molecule has 0 spiro atoms. The number of thiophene rings is 1. The van der Waals surface area contributed by atoms with E-state index in [9.17, 15) is 4.79 Å². The SMILES string of the molecule is O=C([C@H](Sc1nnc(-c2cccs2)n1C1CC1)c1ccccc1)N1CCCCC1. The Hall–Kier alpha value is -2.12. The molecule has 1 aliphatic heterocycles. The van der Waals surface area contributed by atoms with Gasteiger partial charge in [0.15, 0.2) is 11.0 Å². The van der Waals surface area contributed by atoms with Crippen molar-refractivity contribution in [1.82, 2.24) is 19.7 Å². The van der Waals surface area contributed by atoms with Crippen molar-refractivity contribution in [3.8, 4) is 10.7 Å². The molecule has 3 heterocycles. The Kier molecular flexibility index (Phi) is 5.42. The number of benzene rings is 1. The van der Waals surface area contributed by atoms with E-state index in [0.717, 1.165) is 60.2 Å². The van der Waals surface area contributed by atoms with Gasteiger partial charge in [-0.15, -0.1) is 21.5 Å². The second kappa shape index (κ2) is 8.32. The zero-order chi connectivity index (χ0) is 19.6. The molecule has 1 aliphatic carbocycles. The molecule has 5 rings (SSSR count). The molecule has 0 unspecified atom stereocenters. The third-order valence-electron chi connectivity index (χ3n) is 5.54. The Morgan fingerprint density at radius 2 is 1.83 bits per heavy atom. The Balaban J connectivity index is 1.49. The maximum atomic E-state index is 13.5. The highest BCUT2D eigenvalue weighted by atomic mass is 32.2. The monoisotopic (exact) mass is 424 g/mol. The predicted octanol–water partition coefficient (Wildman–Crippen LogP) is 5.19. The normalized spacial score (nSPS) is 18.0. The van der Waals surface area contributed by atoms with Crippen LogP contribution in [0.4, 0.5) is 0 Å². The van der Waals surface area contributed by atoms with Gasteiger partial charge in [0.2, 0.25) is 5.91 Å². The summed E-state index contributed by atoms with van der Waals surface area (Å²) in [5.41, 5.74) is 1.04. The van der Waals surface area contributed by atoms with Gasteiger partial charge in [0.05, 0.1) is 4.88 Å². The maximum absolute atomic E-state index is 13.5. The van der Waals surface area contributed by atoms with Crippen LogP contribution in [0.25, 0.3) is 10.7 Å². The topological polar surface area (TPSA) is 51.0 Å². The van der Waals surface area contributed by atoms with E-state index in [0.29, 0.717) is 6.04 Å². The summed E-state index contributed by atoms with van der Waals surface area (Å²) < 4.78 is 2.26. The largest absolute Gasteiger partial charge is 0.341 e. The number of likely N-dealkylation sites (tertiary alicyclic amines) is 1. The number of rotatable bonds is 6. The summed E-state index contributed by atoms with van der Waals surface area (Å²) in [6.07, 6.45) is 5.71. The number of aromatic nitrogens is 3. The van der Waals surface area contributed by atoms with Crippen LogP contribution in [0.1, 0.15) is 49.0 Å². The molecule has 0 radical (unpaired) electrons. The molecule has 29 heavy (non-hydrogen) atoms. The van der Waals surface area contributed by atoms with Crippen molar-refractivity contribution in [2.24, 2.45) is 0 Å². The van der Waals surface area contributed by atoms with E-state index in [-0.39, 0.29) is 11.2 Å². The lowest BCUT2D eigenvalue weighted by Crippen LogP contribution is -2.38. The lowest BCUT2D eigenvalue weighted by molar-refractivity contribution is -0.131. The second-order valence-corrected chi connectivity index (χ2v) is 9.70. The highest BCUT2D eigenvalue weighted by Crippen LogP contribution is 2.45. The summed E-state index contributed by atoms with van der Waals surface area (Å²) in [5, 5.41) is 11.7. The second-order valence-electron chi connectivity index (χ2n) is 7.68. The van der Waals surface area contributed by atoms with Crippen LogP contribution in [0.5, 0.6) is 0 Å². The fourth-order valence-corrected chi connectivity index (χ4v) is 5.76. The molecule has 2 aromatic heterocycles. The number of carbonyl (C=O) groups excluding carboxylic acids is 1. The number of thioether (sulfide) groups is 1. The van der Waals surface area contributed by atoms with E-state index in [1.54, 1.807) is 23.1 Å². The standard InChI is InChI=1S/C22H24N4OS2/c27-21(25-13-5-2-6-14-25)19(16-8-3-1-4-9-16)29-22-24-23-20(18-10-7-15-28-18)26(22)17-11-12-17/h1,3-4,7-10,15,17,19H,2,5-6,11-14H2/t19-/m1/s1. The lowest BCUT2D eigenvalue weighted by atomic mass is 10.1. The summed E-state index contributed by atoms with van der Waals surface area (Å²) in [4.78, 5) is 16.7. The van der Waals surface area contributed by atoms with E-state index in [1.807, 2.05) is 29.2 Å². The van der Waals surface area contributed by atoms with Gasteiger partial charge >= 0.3 is 0 Å². The third kappa shape index (κ3) is 3.98. The third-order valence-corrected chi connectivity index (χ3v) is 7.60. The Bertz CT molecular complexity index is 960. The average Bonchev–Trinajstić information content (AvgIpc) is 3.30. The van der Waals surface area contributed by atoms with Gasteiger partial charge in [-0.1, -0.05) is 48.2 Å². The van der Waals surface area contributed by atoms with Crippen LogP contribution in [-0.2, 0) is 4.79 Å². The van der Waals surface area contributed by atoms with Crippen molar-refractivity contribution in [3.63, 3.8) is 0 Å². The van der Waals surface area contributed by atoms with Gasteiger partial charge in [-0.3, -0.25) is 9.36 Å². The molecule has 7 heteroatoms. The molecule has 1 aromatic carbocycles. The van der Waals surface area contributed by atoms with Gasteiger partial charge in [-0.05, 0) is 49.1 Å². The molecule has 3 aromatic rings. The van der Waals surface area contributed by atoms with E-state index in [2.05, 4.69) is 38.3 Å². The van der Waals surface area contributed by atoms with Crippen LogP contribution in [0.3, 0.4) is 0 Å². The highest BCUT2D eigenvalue weighted by molar-refractivity contribution is 8.00. The summed E-state index contributed by atoms with van der Waals surface area (Å²) in [7, 11) is 0. The van der Waals surface area contributed by atoms with Gasteiger partial charge in [-0.2, -0.15) is 0 Å². The molecule has 2 fully saturated rings. The van der Waals surface area contributed by atoms with E-state index < -0.39 is 0 Å². The number of hydrogen-bond donors (Lipinski definition) is 0. The quantitative estimate of drug-likeness (QED) is 0.511. The summed E-state index contributed by atoms with van der Waals surface area (Å²) in [6.45, 7) is 1.72. The first-order valence-corrected chi connectivity index (χ1v) is 12.1. The van der Waals surface area contributed by atoms with Gasteiger partial charge in [0, 0.05) is 19.1 Å². The van der Waals surface area contributed by atoms with Crippen LogP contribution in [0, 0.1) is 0 Å². The summed E-state index contributed by atoms with van der Waals surface area (Å²) in [6, 6.07) is 14.7. The molecule has 0 N–H and O–H groups in total. The van der Waals surface area contributed by atoms with Gasteiger partial charge in [0.1, 0.15) is 5.25 Å². The first-order chi connectivity index (χ1) is 14.3. The fraction of sp³-hybridized carbons (Fsp3) is 0.409. The molecule has 1 atom stereocenters. The molecule has 1 amide bonds. The van der Waals surface area contributed by atoms with Crippen LogP contribution in [0.2, 0.25) is 0 Å². The first-order valence-electron chi connectivity index (χ1n) is 10.3. The number of carbonyl (C=O) groups is 1. The summed E-state index contributed by atoms with van der Waals surface area (Å²) in [5.74, 6) is 1.13. The number of piperidine rings is 1. The van der Waals surface area contributed by atoms with E-state index >= 15 is 0 Å². The van der Waals surface area contributed by atoms with Crippen LogP contribution < -0.4 is 0 Å². The van der Waals surface area contributed by atoms with Crippen molar-refractivity contribution in [1.29, 1.82) is 0 Å². The number of hydrogen-bond acceptors (Lipinski definition) is 5. The minimum atomic E-state index is -0.285. The Morgan fingerprint density at radius 3 is 2.52 bits per heavy atom. The highest BCUT2D eigenvalue weighted by Gasteiger charge is 2.34. The van der Waals surface area contributed by atoms with Crippen molar-refractivity contribution < 1.29 is 4.79 Å². The predicted molar refractivity (Wildman–Crippen MR) is 117 cm³/mol. The lowest BCUT2D eigenvalue weighted by Gasteiger charge is -2.30. The minimum absolute atomic E-state index is 0.198. The molecule has 1 saturated heterocycles.